The standard InChI is InChI=1S/C17H19BrN2O4S/c1-11-9-15(7-8-16(11)24-3)25(22,23)20-12(2)17(21)19-14-6-4-5-13(18)10-14/h4-10,12,20H,1-3H3,(H,19,21)/t12-/m1/s1. The molecule has 0 fully saturated rings. The summed E-state index contributed by atoms with van der Waals surface area (Å²) in [5.41, 5.74) is 1.27. The van der Waals surface area contributed by atoms with Gasteiger partial charge in [-0.1, -0.05) is 22.0 Å². The van der Waals surface area contributed by atoms with Crippen LogP contribution in [-0.4, -0.2) is 27.5 Å². The van der Waals surface area contributed by atoms with Crippen molar-refractivity contribution in [3.8, 4) is 5.75 Å². The monoisotopic (exact) mass is 426 g/mol. The highest BCUT2D eigenvalue weighted by Gasteiger charge is 2.22. The third-order valence-electron chi connectivity index (χ3n) is 3.49. The van der Waals surface area contributed by atoms with Crippen LogP contribution >= 0.6 is 15.9 Å². The summed E-state index contributed by atoms with van der Waals surface area (Å²) in [4.78, 5) is 12.3. The van der Waals surface area contributed by atoms with Crippen LogP contribution in [-0.2, 0) is 14.8 Å². The van der Waals surface area contributed by atoms with Crippen LogP contribution in [0.15, 0.2) is 51.8 Å². The molecule has 8 heteroatoms. The van der Waals surface area contributed by atoms with Gasteiger partial charge in [0.1, 0.15) is 5.75 Å². The quantitative estimate of drug-likeness (QED) is 0.742. The number of carbonyl (C=O) groups excluding carboxylic acids is 1. The molecule has 0 aliphatic rings. The molecule has 0 radical (unpaired) electrons. The van der Waals surface area contributed by atoms with Gasteiger partial charge in [-0.3, -0.25) is 4.79 Å². The number of sulfonamides is 1. The summed E-state index contributed by atoms with van der Waals surface area (Å²) >= 11 is 3.31. The van der Waals surface area contributed by atoms with Crippen LogP contribution < -0.4 is 14.8 Å². The fraction of sp³-hybridized carbons (Fsp3) is 0.235. The normalized spacial score (nSPS) is 12.5. The van der Waals surface area contributed by atoms with Crippen molar-refractivity contribution >= 4 is 37.5 Å². The zero-order chi connectivity index (χ0) is 18.6. The molecule has 2 aromatic rings. The molecule has 0 heterocycles. The number of nitrogens with one attached hydrogen (secondary N) is 2. The predicted octanol–water partition coefficient (Wildman–Crippen LogP) is 3.07. The minimum atomic E-state index is -3.83. The van der Waals surface area contributed by atoms with Crippen LogP contribution in [0.1, 0.15) is 12.5 Å². The smallest absolute Gasteiger partial charge is 0.242 e. The predicted molar refractivity (Wildman–Crippen MR) is 100 cm³/mol. The van der Waals surface area contributed by atoms with Crippen molar-refractivity contribution in [1.82, 2.24) is 4.72 Å². The Morgan fingerprint density at radius 1 is 1.20 bits per heavy atom. The molecule has 0 aliphatic carbocycles. The van der Waals surface area contributed by atoms with Gasteiger partial charge in [-0.15, -0.1) is 0 Å². The summed E-state index contributed by atoms with van der Waals surface area (Å²) in [5, 5.41) is 2.67. The van der Waals surface area contributed by atoms with E-state index in [1.807, 2.05) is 6.07 Å². The Morgan fingerprint density at radius 2 is 1.92 bits per heavy atom. The number of rotatable bonds is 6. The van der Waals surface area contributed by atoms with Crippen molar-refractivity contribution < 1.29 is 17.9 Å². The molecule has 134 valence electrons. The van der Waals surface area contributed by atoms with Crippen LogP contribution in [0, 0.1) is 6.92 Å². The number of anilines is 1. The summed E-state index contributed by atoms with van der Waals surface area (Å²) in [6, 6.07) is 10.6. The molecule has 0 saturated carbocycles. The van der Waals surface area contributed by atoms with Crippen LogP contribution in [0.2, 0.25) is 0 Å². The summed E-state index contributed by atoms with van der Waals surface area (Å²) in [7, 11) is -2.31. The molecule has 0 aromatic heterocycles. The van der Waals surface area contributed by atoms with Gasteiger partial charge >= 0.3 is 0 Å². The van der Waals surface area contributed by atoms with Gasteiger partial charge in [0, 0.05) is 10.2 Å². The number of amides is 1. The van der Waals surface area contributed by atoms with Crippen molar-refractivity contribution in [2.24, 2.45) is 0 Å². The van der Waals surface area contributed by atoms with Crippen molar-refractivity contribution in [3.05, 3.63) is 52.5 Å². The lowest BCUT2D eigenvalue weighted by Crippen LogP contribution is -2.41. The highest BCUT2D eigenvalue weighted by Crippen LogP contribution is 2.21. The van der Waals surface area contributed by atoms with E-state index in [1.54, 1.807) is 31.2 Å². The maximum absolute atomic E-state index is 12.5. The third-order valence-corrected chi connectivity index (χ3v) is 5.53. The van der Waals surface area contributed by atoms with Gasteiger partial charge < -0.3 is 10.1 Å². The fourth-order valence-electron chi connectivity index (χ4n) is 2.19. The van der Waals surface area contributed by atoms with E-state index < -0.39 is 22.0 Å². The first-order valence-corrected chi connectivity index (χ1v) is 9.74. The zero-order valence-corrected chi connectivity index (χ0v) is 16.4. The average Bonchev–Trinajstić information content (AvgIpc) is 2.54. The van der Waals surface area contributed by atoms with Gasteiger partial charge in [-0.05, 0) is 55.8 Å². The molecule has 0 saturated heterocycles. The second-order valence-corrected chi connectivity index (χ2v) is 8.10. The Bertz CT molecular complexity index is 884. The van der Waals surface area contributed by atoms with Gasteiger partial charge in [0.25, 0.3) is 0 Å². The maximum atomic E-state index is 12.5. The van der Waals surface area contributed by atoms with E-state index in [2.05, 4.69) is 26.0 Å². The zero-order valence-electron chi connectivity index (χ0n) is 14.0. The number of methoxy groups -OCH3 is 1. The van der Waals surface area contributed by atoms with E-state index in [0.29, 0.717) is 17.0 Å². The number of hydrogen-bond donors (Lipinski definition) is 2. The van der Waals surface area contributed by atoms with Crippen LogP contribution in [0.3, 0.4) is 0 Å². The molecule has 1 atom stereocenters. The van der Waals surface area contributed by atoms with Crippen LogP contribution in [0.25, 0.3) is 0 Å². The van der Waals surface area contributed by atoms with E-state index in [4.69, 9.17) is 4.74 Å². The first kappa shape index (κ1) is 19.4. The van der Waals surface area contributed by atoms with Gasteiger partial charge in [-0.25, -0.2) is 8.42 Å². The van der Waals surface area contributed by atoms with Gasteiger partial charge in [0.2, 0.25) is 15.9 Å². The third kappa shape index (κ3) is 5.04. The second kappa shape index (κ2) is 7.99. The molecular formula is C17H19BrN2O4S. The van der Waals surface area contributed by atoms with E-state index in [0.717, 1.165) is 4.47 Å². The van der Waals surface area contributed by atoms with Gasteiger partial charge in [-0.2, -0.15) is 4.72 Å². The lowest BCUT2D eigenvalue weighted by molar-refractivity contribution is -0.117. The van der Waals surface area contributed by atoms with Crippen molar-refractivity contribution in [2.75, 3.05) is 12.4 Å². The second-order valence-electron chi connectivity index (χ2n) is 5.47. The summed E-state index contributed by atoms with van der Waals surface area (Å²) in [5.74, 6) is 0.145. The molecule has 2 aromatic carbocycles. The highest BCUT2D eigenvalue weighted by molar-refractivity contribution is 9.10. The Hall–Kier alpha value is -1.90. The topological polar surface area (TPSA) is 84.5 Å². The Morgan fingerprint density at radius 3 is 2.52 bits per heavy atom. The molecule has 2 rings (SSSR count). The first-order chi connectivity index (χ1) is 11.7. The summed E-state index contributed by atoms with van der Waals surface area (Å²) < 4.78 is 33.2. The number of carbonyl (C=O) groups is 1. The van der Waals surface area contributed by atoms with Gasteiger partial charge in [0.15, 0.2) is 0 Å². The van der Waals surface area contributed by atoms with Crippen molar-refractivity contribution in [2.45, 2.75) is 24.8 Å². The van der Waals surface area contributed by atoms with E-state index in [-0.39, 0.29) is 4.90 Å². The minimum Gasteiger partial charge on any atom is -0.496 e. The molecule has 0 unspecified atom stereocenters. The summed E-state index contributed by atoms with van der Waals surface area (Å²) in [6.45, 7) is 3.24. The maximum Gasteiger partial charge on any atom is 0.242 e. The Balaban J connectivity index is 2.11. The van der Waals surface area contributed by atoms with Crippen LogP contribution in [0.5, 0.6) is 5.75 Å². The minimum absolute atomic E-state index is 0.0768. The molecule has 0 bridgehead atoms. The summed E-state index contributed by atoms with van der Waals surface area (Å²) in [6.07, 6.45) is 0. The molecule has 0 aliphatic heterocycles. The number of hydrogen-bond acceptors (Lipinski definition) is 4. The largest absolute Gasteiger partial charge is 0.496 e. The molecular weight excluding hydrogens is 408 g/mol. The number of halogens is 1. The molecule has 0 spiro atoms. The molecule has 1 amide bonds. The molecule has 2 N–H and O–H groups in total. The molecule has 25 heavy (non-hydrogen) atoms. The first-order valence-electron chi connectivity index (χ1n) is 7.46. The SMILES string of the molecule is COc1ccc(S(=O)(=O)N[C@H](C)C(=O)Nc2cccc(Br)c2)cc1C. The number of benzene rings is 2. The number of aryl methyl sites for hydroxylation is 1. The van der Waals surface area contributed by atoms with Crippen molar-refractivity contribution in [1.29, 1.82) is 0 Å². The lowest BCUT2D eigenvalue weighted by atomic mass is 10.2. The van der Waals surface area contributed by atoms with Crippen molar-refractivity contribution in [3.63, 3.8) is 0 Å². The van der Waals surface area contributed by atoms with E-state index in [9.17, 15) is 13.2 Å². The molecule has 6 nitrogen and oxygen atoms in total. The average molecular weight is 427 g/mol. The highest BCUT2D eigenvalue weighted by atomic mass is 79.9. The van der Waals surface area contributed by atoms with Gasteiger partial charge in [0.05, 0.1) is 18.0 Å². The lowest BCUT2D eigenvalue weighted by Gasteiger charge is -2.15. The van der Waals surface area contributed by atoms with E-state index >= 15 is 0 Å². The Labute approximate surface area is 155 Å². The van der Waals surface area contributed by atoms with Crippen LogP contribution in [0.4, 0.5) is 5.69 Å². The Kier molecular flexibility index (Phi) is 6.21. The fourth-order valence-corrected chi connectivity index (χ4v) is 3.88. The van der Waals surface area contributed by atoms with E-state index in [1.165, 1.54) is 26.2 Å². The number of ether oxygens (including phenoxy) is 1.